The van der Waals surface area contributed by atoms with Crippen molar-refractivity contribution in [1.82, 2.24) is 0 Å². The molecule has 1 aliphatic carbocycles. The number of phenolic OH excluding ortho intramolecular Hbond substituents is 1. The number of hydrogen-bond acceptors (Lipinski definition) is 4. The Morgan fingerprint density at radius 3 is 2.36 bits per heavy atom. The molecule has 1 aliphatic rings. The number of aliphatic hydroxyl groups is 1. The van der Waals surface area contributed by atoms with Crippen LogP contribution >= 0.6 is 7.75 Å². The molecule has 0 unspecified atom stereocenters. The molecule has 1 aromatic carbocycles. The van der Waals surface area contributed by atoms with E-state index >= 15 is 0 Å². The first-order valence-electron chi connectivity index (χ1n) is 6.30. The van der Waals surface area contributed by atoms with Crippen molar-refractivity contribution in [3.8, 4) is 5.75 Å². The fourth-order valence-electron chi connectivity index (χ4n) is 2.00. The summed E-state index contributed by atoms with van der Waals surface area (Å²) in [7, 11) is -4.70. The zero-order chi connectivity index (χ0) is 16.3. The monoisotopic (exact) mass is 323 g/mol. The molecule has 116 valence electrons. The van der Waals surface area contributed by atoms with Crippen LogP contribution in [0.1, 0.15) is 12.0 Å². The van der Waals surface area contributed by atoms with Crippen molar-refractivity contribution in [2.24, 2.45) is 4.76 Å². The van der Waals surface area contributed by atoms with Crippen LogP contribution in [0.4, 0.5) is 0 Å². The molecular weight excluding hydrogens is 309 g/mol. The van der Waals surface area contributed by atoms with Gasteiger partial charge in [0.2, 0.25) is 0 Å². The number of ketones is 1. The number of carbonyl (C=O) groups excluding carboxylic acids is 1. The van der Waals surface area contributed by atoms with E-state index in [0.29, 0.717) is 5.56 Å². The molecule has 2 rings (SSSR count). The molecule has 8 heteroatoms. The minimum atomic E-state index is -4.70. The summed E-state index contributed by atoms with van der Waals surface area (Å²) < 4.78 is 14.2. The van der Waals surface area contributed by atoms with E-state index in [-0.39, 0.29) is 41.4 Å². The standard InChI is InChI=1S/C14H14NO6P/c16-10-3-1-9(2-4-10)7-14(18)12-6-5-11(17)8-13(12)15-22(19,20)21/h1-6,16-17H,7-8H2,(H2,19,20,21). The summed E-state index contributed by atoms with van der Waals surface area (Å²) in [5.41, 5.74) is 0.546. The van der Waals surface area contributed by atoms with Crippen molar-refractivity contribution < 1.29 is 29.4 Å². The average Bonchev–Trinajstić information content (AvgIpc) is 2.39. The van der Waals surface area contributed by atoms with Gasteiger partial charge in [-0.05, 0) is 29.8 Å². The van der Waals surface area contributed by atoms with E-state index < -0.39 is 7.75 Å². The number of rotatable bonds is 4. The zero-order valence-electron chi connectivity index (χ0n) is 11.4. The quantitative estimate of drug-likeness (QED) is 0.626. The Bertz CT molecular complexity index is 726. The van der Waals surface area contributed by atoms with Crippen molar-refractivity contribution in [1.29, 1.82) is 0 Å². The number of aromatic hydroxyl groups is 1. The summed E-state index contributed by atoms with van der Waals surface area (Å²) >= 11 is 0. The number of Topliss-reactive ketones (excluding diaryl/α,β-unsaturated/α-hetero) is 1. The van der Waals surface area contributed by atoms with Gasteiger partial charge in [-0.2, -0.15) is 4.76 Å². The highest BCUT2D eigenvalue weighted by Crippen LogP contribution is 2.38. The Kier molecular flexibility index (Phi) is 4.61. The smallest absolute Gasteiger partial charge is 0.448 e. The summed E-state index contributed by atoms with van der Waals surface area (Å²) in [6.45, 7) is 0. The van der Waals surface area contributed by atoms with E-state index in [1.165, 1.54) is 24.3 Å². The second-order valence-electron chi connectivity index (χ2n) is 4.74. The molecule has 7 nitrogen and oxygen atoms in total. The van der Waals surface area contributed by atoms with E-state index in [4.69, 9.17) is 9.79 Å². The molecule has 0 fully saturated rings. The van der Waals surface area contributed by atoms with Gasteiger partial charge in [-0.3, -0.25) is 4.79 Å². The lowest BCUT2D eigenvalue weighted by Gasteiger charge is -2.14. The second-order valence-corrected chi connectivity index (χ2v) is 5.97. The largest absolute Gasteiger partial charge is 0.512 e. The molecule has 22 heavy (non-hydrogen) atoms. The van der Waals surface area contributed by atoms with Crippen LogP contribution in [-0.2, 0) is 15.8 Å². The van der Waals surface area contributed by atoms with E-state index in [9.17, 15) is 19.6 Å². The van der Waals surface area contributed by atoms with Crippen LogP contribution in [0.2, 0.25) is 0 Å². The number of carbonyl (C=O) groups is 1. The van der Waals surface area contributed by atoms with Gasteiger partial charge in [0.25, 0.3) is 0 Å². The highest BCUT2D eigenvalue weighted by atomic mass is 31.2. The number of nitrogens with zero attached hydrogens (tertiary/aromatic N) is 1. The van der Waals surface area contributed by atoms with Gasteiger partial charge in [-0.1, -0.05) is 12.1 Å². The third kappa shape index (κ3) is 4.39. The molecule has 4 N–H and O–H groups in total. The Hall–Kier alpha value is -2.21. The molecule has 0 saturated carbocycles. The Labute approximate surface area is 126 Å². The molecule has 0 aliphatic heterocycles. The molecule has 0 radical (unpaired) electrons. The first-order chi connectivity index (χ1) is 10.2. The number of allylic oxidation sites excluding steroid dienone is 4. The molecule has 0 heterocycles. The highest BCUT2D eigenvalue weighted by Gasteiger charge is 2.23. The molecule has 0 atom stereocenters. The predicted molar refractivity (Wildman–Crippen MR) is 79.7 cm³/mol. The van der Waals surface area contributed by atoms with Gasteiger partial charge in [0, 0.05) is 18.4 Å². The molecule has 0 saturated heterocycles. The van der Waals surface area contributed by atoms with Crippen LogP contribution in [0.3, 0.4) is 0 Å². The molecule has 0 amide bonds. The van der Waals surface area contributed by atoms with E-state index in [1.807, 2.05) is 0 Å². The number of phenols is 1. The van der Waals surface area contributed by atoms with Crippen LogP contribution in [-0.4, -0.2) is 31.5 Å². The van der Waals surface area contributed by atoms with Gasteiger partial charge in [0.1, 0.15) is 5.75 Å². The Balaban J connectivity index is 2.27. The van der Waals surface area contributed by atoms with Crippen LogP contribution in [0.5, 0.6) is 5.75 Å². The summed E-state index contributed by atoms with van der Waals surface area (Å²) in [6.07, 6.45) is 2.36. The lowest BCUT2D eigenvalue weighted by molar-refractivity contribution is -0.114. The van der Waals surface area contributed by atoms with E-state index in [1.54, 1.807) is 12.1 Å². The first kappa shape index (κ1) is 16.2. The fourth-order valence-corrected chi connectivity index (χ4v) is 2.49. The number of hydrogen-bond donors (Lipinski definition) is 4. The van der Waals surface area contributed by atoms with Gasteiger partial charge < -0.3 is 20.0 Å². The lowest BCUT2D eigenvalue weighted by atomic mass is 9.94. The Morgan fingerprint density at radius 2 is 1.77 bits per heavy atom. The van der Waals surface area contributed by atoms with Gasteiger partial charge in [-0.25, -0.2) is 4.57 Å². The van der Waals surface area contributed by atoms with E-state index in [2.05, 4.69) is 4.76 Å². The molecular formula is C14H14NO6P. The zero-order valence-corrected chi connectivity index (χ0v) is 12.3. The molecule has 1 aromatic rings. The van der Waals surface area contributed by atoms with Crippen LogP contribution < -0.4 is 0 Å². The minimum absolute atomic E-state index is 0.0130. The van der Waals surface area contributed by atoms with Crippen molar-refractivity contribution >= 4 is 19.2 Å². The maximum absolute atomic E-state index is 12.3. The van der Waals surface area contributed by atoms with Crippen molar-refractivity contribution in [3.63, 3.8) is 0 Å². The van der Waals surface area contributed by atoms with Crippen LogP contribution in [0.15, 0.2) is 52.5 Å². The molecule has 0 bridgehead atoms. The molecule has 0 aromatic heterocycles. The summed E-state index contributed by atoms with van der Waals surface area (Å²) in [6, 6.07) is 6.02. The van der Waals surface area contributed by atoms with Gasteiger partial charge in [0.05, 0.1) is 11.5 Å². The summed E-state index contributed by atoms with van der Waals surface area (Å²) in [5.74, 6) is -0.445. The van der Waals surface area contributed by atoms with Gasteiger partial charge in [-0.15, -0.1) is 0 Å². The normalized spacial score (nSPS) is 17.1. The topological polar surface area (TPSA) is 127 Å². The molecule has 0 spiro atoms. The second kappa shape index (κ2) is 6.27. The SMILES string of the molecule is O=C(Cc1ccc(O)cc1)C1=CC=C(O)CC1=NP(=O)(O)O. The van der Waals surface area contributed by atoms with E-state index in [0.717, 1.165) is 0 Å². The van der Waals surface area contributed by atoms with Crippen LogP contribution in [0.25, 0.3) is 0 Å². The predicted octanol–water partition coefficient (Wildman–Crippen LogP) is 1.81. The highest BCUT2D eigenvalue weighted by molar-refractivity contribution is 7.50. The third-order valence-corrected chi connectivity index (χ3v) is 3.46. The van der Waals surface area contributed by atoms with Gasteiger partial charge in [0.15, 0.2) is 5.78 Å². The van der Waals surface area contributed by atoms with Crippen molar-refractivity contribution in [2.45, 2.75) is 12.8 Å². The van der Waals surface area contributed by atoms with Gasteiger partial charge >= 0.3 is 7.75 Å². The van der Waals surface area contributed by atoms with Crippen LogP contribution in [0, 0.1) is 0 Å². The summed E-state index contributed by atoms with van der Waals surface area (Å²) in [5, 5.41) is 18.6. The number of benzene rings is 1. The maximum Gasteiger partial charge on any atom is 0.448 e. The average molecular weight is 323 g/mol. The minimum Gasteiger partial charge on any atom is -0.512 e. The first-order valence-corrected chi connectivity index (χ1v) is 7.87. The fraction of sp³-hybridized carbons (Fsp3) is 0.143. The Morgan fingerprint density at radius 1 is 1.14 bits per heavy atom. The lowest BCUT2D eigenvalue weighted by Crippen LogP contribution is -2.18. The number of aliphatic hydroxyl groups excluding tert-OH is 1. The van der Waals surface area contributed by atoms with Crippen molar-refractivity contribution in [3.05, 3.63) is 53.3 Å². The maximum atomic E-state index is 12.3. The van der Waals surface area contributed by atoms with Crippen molar-refractivity contribution in [2.75, 3.05) is 0 Å². The third-order valence-electron chi connectivity index (χ3n) is 2.95. The summed E-state index contributed by atoms with van der Waals surface area (Å²) in [4.78, 5) is 30.1.